The molecule has 1 aromatic heterocycles. The molecule has 0 saturated carbocycles. The van der Waals surface area contributed by atoms with Crippen molar-refractivity contribution in [2.45, 2.75) is 40.2 Å². The number of hydrogen-bond donors (Lipinski definition) is 1. The molecule has 0 aliphatic carbocycles. The van der Waals surface area contributed by atoms with Gasteiger partial charge in [-0.3, -0.25) is 0 Å². The van der Waals surface area contributed by atoms with Gasteiger partial charge in [-0.2, -0.15) is 0 Å². The standard InChI is InChI=1S/C15H26N2O2/c1-11(2)10-18-5-6-19-15-8-13(9-16)7-14(17-15)12(3)4/h7-8,11-12H,5-6,9-10,16H2,1-4H3. The molecule has 0 aliphatic rings. The van der Waals surface area contributed by atoms with Crippen molar-refractivity contribution in [1.29, 1.82) is 0 Å². The van der Waals surface area contributed by atoms with Crippen LogP contribution in [0.25, 0.3) is 0 Å². The van der Waals surface area contributed by atoms with Crippen molar-refractivity contribution in [3.05, 3.63) is 23.4 Å². The molecule has 1 rings (SSSR count). The number of pyridine rings is 1. The minimum absolute atomic E-state index is 0.367. The molecule has 108 valence electrons. The zero-order valence-electron chi connectivity index (χ0n) is 12.5. The Hall–Kier alpha value is -1.13. The molecule has 0 bridgehead atoms. The van der Waals surface area contributed by atoms with E-state index in [1.807, 2.05) is 12.1 Å². The maximum atomic E-state index is 5.69. The fourth-order valence-electron chi connectivity index (χ4n) is 1.59. The molecular formula is C15H26N2O2. The van der Waals surface area contributed by atoms with Crippen molar-refractivity contribution in [3.63, 3.8) is 0 Å². The van der Waals surface area contributed by atoms with E-state index in [0.717, 1.165) is 17.9 Å². The molecule has 4 nitrogen and oxygen atoms in total. The Morgan fingerprint density at radius 3 is 2.47 bits per heavy atom. The van der Waals surface area contributed by atoms with Gasteiger partial charge in [0.05, 0.1) is 6.61 Å². The van der Waals surface area contributed by atoms with Crippen LogP contribution < -0.4 is 10.5 Å². The second-order valence-electron chi connectivity index (χ2n) is 5.41. The molecule has 0 radical (unpaired) electrons. The van der Waals surface area contributed by atoms with Crippen molar-refractivity contribution in [3.8, 4) is 5.88 Å². The fraction of sp³-hybridized carbons (Fsp3) is 0.667. The van der Waals surface area contributed by atoms with E-state index in [-0.39, 0.29) is 0 Å². The number of rotatable bonds is 8. The van der Waals surface area contributed by atoms with Crippen LogP contribution in [0.3, 0.4) is 0 Å². The molecule has 1 heterocycles. The SMILES string of the molecule is CC(C)COCCOc1cc(CN)cc(C(C)C)n1. The zero-order chi connectivity index (χ0) is 14.3. The van der Waals surface area contributed by atoms with Crippen LogP contribution in [0.5, 0.6) is 5.88 Å². The number of hydrogen-bond acceptors (Lipinski definition) is 4. The Labute approximate surface area is 116 Å². The summed E-state index contributed by atoms with van der Waals surface area (Å²) in [5.41, 5.74) is 7.76. The van der Waals surface area contributed by atoms with E-state index in [1.165, 1.54) is 0 Å². The quantitative estimate of drug-likeness (QED) is 0.735. The molecule has 4 heteroatoms. The highest BCUT2D eigenvalue weighted by Crippen LogP contribution is 2.18. The van der Waals surface area contributed by atoms with Crippen LogP contribution in [-0.4, -0.2) is 24.8 Å². The highest BCUT2D eigenvalue weighted by molar-refractivity contribution is 5.26. The van der Waals surface area contributed by atoms with Gasteiger partial charge in [-0.05, 0) is 23.5 Å². The lowest BCUT2D eigenvalue weighted by atomic mass is 10.1. The summed E-state index contributed by atoms with van der Waals surface area (Å²) in [5.74, 6) is 1.55. The molecule has 2 N–H and O–H groups in total. The summed E-state index contributed by atoms with van der Waals surface area (Å²) < 4.78 is 11.1. The second-order valence-corrected chi connectivity index (χ2v) is 5.41. The normalized spacial score (nSPS) is 11.3. The third kappa shape index (κ3) is 6.03. The first-order chi connectivity index (χ1) is 9.02. The van der Waals surface area contributed by atoms with Crippen LogP contribution in [0.1, 0.15) is 44.9 Å². The summed E-state index contributed by atoms with van der Waals surface area (Å²) in [7, 11) is 0. The second kappa shape index (κ2) is 8.12. The highest BCUT2D eigenvalue weighted by Gasteiger charge is 2.06. The van der Waals surface area contributed by atoms with Gasteiger partial charge in [-0.1, -0.05) is 27.7 Å². The van der Waals surface area contributed by atoms with Crippen LogP contribution in [0.15, 0.2) is 12.1 Å². The summed E-state index contributed by atoms with van der Waals surface area (Å²) in [5, 5.41) is 0. The van der Waals surface area contributed by atoms with Crippen LogP contribution >= 0.6 is 0 Å². The monoisotopic (exact) mass is 266 g/mol. The number of nitrogens with zero attached hydrogens (tertiary/aromatic N) is 1. The Balaban J connectivity index is 2.50. The molecule has 19 heavy (non-hydrogen) atoms. The maximum Gasteiger partial charge on any atom is 0.213 e. The number of aromatic nitrogens is 1. The lowest BCUT2D eigenvalue weighted by Gasteiger charge is -2.12. The van der Waals surface area contributed by atoms with Gasteiger partial charge in [0.1, 0.15) is 6.61 Å². The van der Waals surface area contributed by atoms with E-state index in [4.69, 9.17) is 15.2 Å². The van der Waals surface area contributed by atoms with E-state index in [0.29, 0.717) is 37.5 Å². The van der Waals surface area contributed by atoms with Crippen LogP contribution in [0.4, 0.5) is 0 Å². The lowest BCUT2D eigenvalue weighted by molar-refractivity contribution is 0.0805. The van der Waals surface area contributed by atoms with Gasteiger partial charge in [0.15, 0.2) is 0 Å². The number of nitrogens with two attached hydrogens (primary N) is 1. The zero-order valence-corrected chi connectivity index (χ0v) is 12.5. The minimum Gasteiger partial charge on any atom is -0.475 e. The van der Waals surface area contributed by atoms with Crippen LogP contribution in [-0.2, 0) is 11.3 Å². The van der Waals surface area contributed by atoms with Gasteiger partial charge < -0.3 is 15.2 Å². The highest BCUT2D eigenvalue weighted by atomic mass is 16.5. The Morgan fingerprint density at radius 2 is 1.89 bits per heavy atom. The predicted molar refractivity (Wildman–Crippen MR) is 77.4 cm³/mol. The largest absolute Gasteiger partial charge is 0.475 e. The average molecular weight is 266 g/mol. The molecular weight excluding hydrogens is 240 g/mol. The summed E-state index contributed by atoms with van der Waals surface area (Å²) in [6, 6.07) is 3.93. The molecule has 0 unspecified atom stereocenters. The molecule has 0 atom stereocenters. The summed E-state index contributed by atoms with van der Waals surface area (Å²) in [6.07, 6.45) is 0. The van der Waals surface area contributed by atoms with Gasteiger partial charge in [-0.25, -0.2) is 4.98 Å². The first kappa shape index (κ1) is 15.9. The predicted octanol–water partition coefficient (Wildman–Crippen LogP) is 2.72. The van der Waals surface area contributed by atoms with E-state index < -0.39 is 0 Å². The molecule has 0 fully saturated rings. The smallest absolute Gasteiger partial charge is 0.213 e. The van der Waals surface area contributed by atoms with Crippen molar-refractivity contribution >= 4 is 0 Å². The van der Waals surface area contributed by atoms with Crippen LogP contribution in [0, 0.1) is 5.92 Å². The topological polar surface area (TPSA) is 57.4 Å². The van der Waals surface area contributed by atoms with E-state index in [2.05, 4.69) is 32.7 Å². The van der Waals surface area contributed by atoms with Crippen molar-refractivity contribution in [1.82, 2.24) is 4.98 Å². The third-order valence-electron chi connectivity index (χ3n) is 2.64. The molecule has 1 aromatic rings. The van der Waals surface area contributed by atoms with Gasteiger partial charge in [0, 0.05) is 24.9 Å². The molecule has 0 amide bonds. The van der Waals surface area contributed by atoms with Gasteiger partial charge in [0.25, 0.3) is 0 Å². The molecule has 0 spiro atoms. The average Bonchev–Trinajstić information content (AvgIpc) is 2.37. The van der Waals surface area contributed by atoms with Crippen molar-refractivity contribution in [2.24, 2.45) is 11.7 Å². The van der Waals surface area contributed by atoms with Gasteiger partial charge in [0.2, 0.25) is 5.88 Å². The molecule has 0 aliphatic heterocycles. The first-order valence-corrected chi connectivity index (χ1v) is 6.94. The Kier molecular flexibility index (Phi) is 6.81. The third-order valence-corrected chi connectivity index (χ3v) is 2.64. The van der Waals surface area contributed by atoms with Gasteiger partial charge in [-0.15, -0.1) is 0 Å². The lowest BCUT2D eigenvalue weighted by Crippen LogP contribution is -2.11. The summed E-state index contributed by atoms with van der Waals surface area (Å²) >= 11 is 0. The summed E-state index contributed by atoms with van der Waals surface area (Å²) in [6.45, 7) is 10.8. The molecule has 0 aromatic carbocycles. The Bertz CT molecular complexity index is 378. The summed E-state index contributed by atoms with van der Waals surface area (Å²) in [4.78, 5) is 4.48. The van der Waals surface area contributed by atoms with E-state index in [9.17, 15) is 0 Å². The van der Waals surface area contributed by atoms with Crippen molar-refractivity contribution < 1.29 is 9.47 Å². The number of ether oxygens (including phenoxy) is 2. The van der Waals surface area contributed by atoms with E-state index in [1.54, 1.807) is 0 Å². The molecule has 0 saturated heterocycles. The fourth-order valence-corrected chi connectivity index (χ4v) is 1.59. The van der Waals surface area contributed by atoms with Gasteiger partial charge >= 0.3 is 0 Å². The Morgan fingerprint density at radius 1 is 1.16 bits per heavy atom. The maximum absolute atomic E-state index is 5.69. The first-order valence-electron chi connectivity index (χ1n) is 6.94. The van der Waals surface area contributed by atoms with Crippen LogP contribution in [0.2, 0.25) is 0 Å². The minimum atomic E-state index is 0.367. The van der Waals surface area contributed by atoms with Crippen molar-refractivity contribution in [2.75, 3.05) is 19.8 Å². The van der Waals surface area contributed by atoms with E-state index >= 15 is 0 Å².